The summed E-state index contributed by atoms with van der Waals surface area (Å²) in [5.41, 5.74) is 3.51. The third-order valence-electron chi connectivity index (χ3n) is 3.39. The molecule has 0 bridgehead atoms. The molecule has 21 heavy (non-hydrogen) atoms. The number of nitrogens with zero attached hydrogens (tertiary/aromatic N) is 2. The normalized spacial score (nSPS) is 13.0. The maximum absolute atomic E-state index is 11.0. The molecule has 0 unspecified atom stereocenters. The van der Waals surface area contributed by atoms with Crippen molar-refractivity contribution in [3.05, 3.63) is 62.3 Å². The van der Waals surface area contributed by atoms with Crippen molar-refractivity contribution < 1.29 is 4.92 Å². The van der Waals surface area contributed by atoms with Crippen molar-refractivity contribution in [2.24, 2.45) is 0 Å². The molecule has 0 saturated heterocycles. The molecule has 7 heteroatoms. The summed E-state index contributed by atoms with van der Waals surface area (Å²) in [4.78, 5) is 14.5. The maximum Gasteiger partial charge on any atom is 0.312 e. The summed E-state index contributed by atoms with van der Waals surface area (Å²) >= 11 is 5.74. The SMILES string of the molecule is O=[N+]([O-])c1cc(Cl)cnc1NCc1ccc2c(c1)CNC2. The van der Waals surface area contributed by atoms with Crippen molar-refractivity contribution in [1.82, 2.24) is 10.3 Å². The molecule has 1 aromatic carbocycles. The van der Waals surface area contributed by atoms with E-state index in [1.165, 1.54) is 23.4 Å². The Bertz CT molecular complexity index is 705. The molecule has 2 N–H and O–H groups in total. The van der Waals surface area contributed by atoms with Crippen molar-refractivity contribution in [2.75, 3.05) is 5.32 Å². The van der Waals surface area contributed by atoms with E-state index in [4.69, 9.17) is 11.6 Å². The molecule has 0 fully saturated rings. The van der Waals surface area contributed by atoms with Gasteiger partial charge in [-0.3, -0.25) is 10.1 Å². The van der Waals surface area contributed by atoms with E-state index in [1.54, 1.807) is 0 Å². The predicted octanol–water partition coefficient (Wildman–Crippen LogP) is 2.86. The zero-order valence-corrected chi connectivity index (χ0v) is 11.9. The Morgan fingerprint density at radius 2 is 2.14 bits per heavy atom. The molecule has 1 aliphatic rings. The molecule has 0 radical (unpaired) electrons. The summed E-state index contributed by atoms with van der Waals surface area (Å²) in [5, 5.41) is 17.5. The van der Waals surface area contributed by atoms with E-state index < -0.39 is 4.92 Å². The first-order chi connectivity index (χ1) is 10.1. The van der Waals surface area contributed by atoms with Crippen molar-refractivity contribution in [2.45, 2.75) is 19.6 Å². The fraction of sp³-hybridized carbons (Fsp3) is 0.214. The summed E-state index contributed by atoms with van der Waals surface area (Å²) in [6, 6.07) is 7.49. The van der Waals surface area contributed by atoms with E-state index in [0.29, 0.717) is 6.54 Å². The molecular formula is C14H13ClN4O2. The van der Waals surface area contributed by atoms with E-state index >= 15 is 0 Å². The van der Waals surface area contributed by atoms with Gasteiger partial charge in [0.1, 0.15) is 0 Å². The number of benzene rings is 1. The van der Waals surface area contributed by atoms with Gasteiger partial charge in [0.15, 0.2) is 0 Å². The van der Waals surface area contributed by atoms with Crippen LogP contribution in [0.5, 0.6) is 0 Å². The fourth-order valence-corrected chi connectivity index (χ4v) is 2.50. The molecule has 2 heterocycles. The molecule has 3 rings (SSSR count). The number of rotatable bonds is 4. The first kappa shape index (κ1) is 13.8. The minimum absolute atomic E-state index is 0.120. The lowest BCUT2D eigenvalue weighted by molar-refractivity contribution is -0.384. The molecule has 0 amide bonds. The van der Waals surface area contributed by atoms with Gasteiger partial charge in [0, 0.05) is 31.9 Å². The van der Waals surface area contributed by atoms with Crippen LogP contribution in [0, 0.1) is 10.1 Å². The van der Waals surface area contributed by atoms with Gasteiger partial charge in [-0.25, -0.2) is 4.98 Å². The second kappa shape index (κ2) is 5.67. The van der Waals surface area contributed by atoms with E-state index in [0.717, 1.165) is 18.7 Å². The summed E-state index contributed by atoms with van der Waals surface area (Å²) in [6.07, 6.45) is 1.39. The molecule has 1 aliphatic heterocycles. The Balaban J connectivity index is 1.77. The van der Waals surface area contributed by atoms with E-state index in [2.05, 4.69) is 27.8 Å². The Hall–Kier alpha value is -2.18. The number of fused-ring (bicyclic) bond motifs is 1. The van der Waals surface area contributed by atoms with Crippen LogP contribution in [0.1, 0.15) is 16.7 Å². The highest BCUT2D eigenvalue weighted by molar-refractivity contribution is 6.30. The fourth-order valence-electron chi connectivity index (χ4n) is 2.35. The highest BCUT2D eigenvalue weighted by Gasteiger charge is 2.16. The van der Waals surface area contributed by atoms with Crippen LogP contribution in [0.4, 0.5) is 11.5 Å². The number of hydrogen-bond donors (Lipinski definition) is 2. The molecule has 0 aliphatic carbocycles. The minimum Gasteiger partial charge on any atom is -0.360 e. The smallest absolute Gasteiger partial charge is 0.312 e. The molecule has 6 nitrogen and oxygen atoms in total. The van der Waals surface area contributed by atoms with Gasteiger partial charge in [-0.1, -0.05) is 29.8 Å². The molecule has 0 atom stereocenters. The topological polar surface area (TPSA) is 80.1 Å². The number of anilines is 1. The van der Waals surface area contributed by atoms with Gasteiger partial charge in [0.2, 0.25) is 5.82 Å². The first-order valence-electron chi connectivity index (χ1n) is 6.48. The first-order valence-corrected chi connectivity index (χ1v) is 6.86. The molecule has 0 saturated carbocycles. The van der Waals surface area contributed by atoms with Gasteiger partial charge in [-0.05, 0) is 16.7 Å². The van der Waals surface area contributed by atoms with Crippen LogP contribution in [0.15, 0.2) is 30.5 Å². The van der Waals surface area contributed by atoms with E-state index in [9.17, 15) is 10.1 Å². The van der Waals surface area contributed by atoms with Crippen molar-refractivity contribution in [3.8, 4) is 0 Å². The van der Waals surface area contributed by atoms with Crippen LogP contribution >= 0.6 is 11.6 Å². The molecule has 108 valence electrons. The van der Waals surface area contributed by atoms with Crippen LogP contribution in [0.3, 0.4) is 0 Å². The number of nitro groups is 1. The molecular weight excluding hydrogens is 292 g/mol. The summed E-state index contributed by atoms with van der Waals surface area (Å²) in [6.45, 7) is 2.23. The van der Waals surface area contributed by atoms with Gasteiger partial charge in [-0.15, -0.1) is 0 Å². The zero-order valence-electron chi connectivity index (χ0n) is 11.1. The largest absolute Gasteiger partial charge is 0.360 e. The van der Waals surface area contributed by atoms with Crippen molar-refractivity contribution >= 4 is 23.1 Å². The number of aromatic nitrogens is 1. The Morgan fingerprint density at radius 3 is 2.95 bits per heavy atom. The van der Waals surface area contributed by atoms with Crippen LogP contribution < -0.4 is 10.6 Å². The number of nitrogens with one attached hydrogen (secondary N) is 2. The van der Waals surface area contributed by atoms with Gasteiger partial charge in [0.25, 0.3) is 0 Å². The standard InChI is InChI=1S/C14H13ClN4O2/c15-12-4-13(19(20)21)14(18-8-12)17-5-9-1-2-10-6-16-7-11(10)3-9/h1-4,8,16H,5-7H2,(H,17,18). The molecule has 0 spiro atoms. The lowest BCUT2D eigenvalue weighted by Gasteiger charge is -2.08. The van der Waals surface area contributed by atoms with Crippen LogP contribution in [-0.2, 0) is 19.6 Å². The highest BCUT2D eigenvalue weighted by atomic mass is 35.5. The van der Waals surface area contributed by atoms with Gasteiger partial charge in [0.05, 0.1) is 9.95 Å². The van der Waals surface area contributed by atoms with Crippen molar-refractivity contribution in [3.63, 3.8) is 0 Å². The Labute approximate surface area is 126 Å². The van der Waals surface area contributed by atoms with Gasteiger partial charge >= 0.3 is 5.69 Å². The second-order valence-electron chi connectivity index (χ2n) is 4.84. The highest BCUT2D eigenvalue weighted by Crippen LogP contribution is 2.25. The predicted molar refractivity (Wildman–Crippen MR) is 80.2 cm³/mol. The van der Waals surface area contributed by atoms with E-state index in [-0.39, 0.29) is 16.5 Å². The van der Waals surface area contributed by atoms with Crippen LogP contribution in [-0.4, -0.2) is 9.91 Å². The molecule has 2 aromatic rings. The van der Waals surface area contributed by atoms with Crippen molar-refractivity contribution in [1.29, 1.82) is 0 Å². The third kappa shape index (κ3) is 2.96. The van der Waals surface area contributed by atoms with Gasteiger partial charge in [-0.2, -0.15) is 0 Å². The number of hydrogen-bond acceptors (Lipinski definition) is 5. The van der Waals surface area contributed by atoms with E-state index in [1.807, 2.05) is 6.07 Å². The maximum atomic E-state index is 11.0. The number of halogens is 1. The summed E-state index contributed by atoms with van der Waals surface area (Å²) < 4.78 is 0. The molecule has 1 aromatic heterocycles. The Morgan fingerprint density at radius 1 is 1.33 bits per heavy atom. The number of pyridine rings is 1. The average molecular weight is 305 g/mol. The summed E-state index contributed by atoms with van der Waals surface area (Å²) in [7, 11) is 0. The third-order valence-corrected chi connectivity index (χ3v) is 3.60. The van der Waals surface area contributed by atoms with Crippen LogP contribution in [0.25, 0.3) is 0 Å². The average Bonchev–Trinajstić information content (AvgIpc) is 2.93. The lowest BCUT2D eigenvalue weighted by atomic mass is 10.1. The lowest BCUT2D eigenvalue weighted by Crippen LogP contribution is -2.05. The Kier molecular flexibility index (Phi) is 3.72. The summed E-state index contributed by atoms with van der Waals surface area (Å²) in [5.74, 6) is 0.225. The van der Waals surface area contributed by atoms with Gasteiger partial charge < -0.3 is 10.6 Å². The van der Waals surface area contributed by atoms with Crippen LogP contribution in [0.2, 0.25) is 5.02 Å². The second-order valence-corrected chi connectivity index (χ2v) is 5.27. The zero-order chi connectivity index (χ0) is 14.8. The minimum atomic E-state index is -0.492. The quantitative estimate of drug-likeness (QED) is 0.670. The monoisotopic (exact) mass is 304 g/mol.